The number of nitrogens with one attached hydrogen (secondary N) is 1. The fourth-order valence-electron chi connectivity index (χ4n) is 1.63. The number of hydrogen-bond acceptors (Lipinski definition) is 3. The molecule has 0 aliphatic rings. The Bertz CT molecular complexity index is 486. The van der Waals surface area contributed by atoms with Gasteiger partial charge in [-0.1, -0.05) is 25.5 Å². The Morgan fingerprint density at radius 1 is 1.40 bits per heavy atom. The van der Waals surface area contributed by atoms with E-state index in [2.05, 4.69) is 23.8 Å². The van der Waals surface area contributed by atoms with E-state index in [1.54, 1.807) is 36.2 Å². The average Bonchev–Trinajstić information content (AvgIpc) is 2.49. The average molecular weight is 275 g/mol. The molecule has 0 spiro atoms. The van der Waals surface area contributed by atoms with Crippen LogP contribution < -0.4 is 5.32 Å². The summed E-state index contributed by atoms with van der Waals surface area (Å²) < 4.78 is 0. The molecule has 0 bridgehead atoms. The van der Waals surface area contributed by atoms with Crippen LogP contribution in [-0.2, 0) is 0 Å². The molecule has 0 aliphatic heterocycles. The summed E-state index contributed by atoms with van der Waals surface area (Å²) in [6, 6.07) is 4.87. The van der Waals surface area contributed by atoms with Crippen molar-refractivity contribution in [3.05, 3.63) is 42.2 Å². The van der Waals surface area contributed by atoms with Gasteiger partial charge in [0.1, 0.15) is 11.4 Å². The Balaban J connectivity index is 2.79. The minimum absolute atomic E-state index is 0.170. The summed E-state index contributed by atoms with van der Waals surface area (Å²) in [7, 11) is 1.74. The molecule has 1 heterocycles. The minimum atomic E-state index is -0.309. The second kappa shape index (κ2) is 8.09. The molecule has 2 amide bonds. The SMILES string of the molecule is C=CCNC(=O)c1cccc(C(=O)N(C)CCCC)n1. The predicted molar refractivity (Wildman–Crippen MR) is 78.6 cm³/mol. The lowest BCUT2D eigenvalue weighted by molar-refractivity contribution is 0.0787. The van der Waals surface area contributed by atoms with Crippen molar-refractivity contribution in [2.45, 2.75) is 19.8 Å². The first-order valence-corrected chi connectivity index (χ1v) is 6.71. The molecule has 0 saturated carbocycles. The van der Waals surface area contributed by atoms with E-state index in [1.807, 2.05) is 0 Å². The predicted octanol–water partition coefficient (Wildman–Crippen LogP) is 1.87. The number of carbonyl (C=O) groups is 2. The van der Waals surface area contributed by atoms with Crippen LogP contribution in [0.15, 0.2) is 30.9 Å². The van der Waals surface area contributed by atoms with E-state index in [9.17, 15) is 9.59 Å². The van der Waals surface area contributed by atoms with Crippen LogP contribution in [0.5, 0.6) is 0 Å². The summed E-state index contributed by atoms with van der Waals surface area (Å²) >= 11 is 0. The standard InChI is InChI=1S/C15H21N3O2/c1-4-6-11-18(3)15(20)13-9-7-8-12(17-13)14(19)16-10-5-2/h5,7-9H,2,4,6,10-11H2,1,3H3,(H,16,19). The van der Waals surface area contributed by atoms with Crippen molar-refractivity contribution in [1.82, 2.24) is 15.2 Å². The molecule has 0 fully saturated rings. The van der Waals surface area contributed by atoms with Gasteiger partial charge < -0.3 is 10.2 Å². The Hall–Kier alpha value is -2.17. The first-order chi connectivity index (χ1) is 9.60. The number of hydrogen-bond donors (Lipinski definition) is 1. The van der Waals surface area contributed by atoms with Crippen molar-refractivity contribution < 1.29 is 9.59 Å². The number of rotatable bonds is 7. The van der Waals surface area contributed by atoms with Crippen LogP contribution in [-0.4, -0.2) is 41.8 Å². The lowest BCUT2D eigenvalue weighted by atomic mass is 10.2. The van der Waals surface area contributed by atoms with E-state index >= 15 is 0 Å². The van der Waals surface area contributed by atoms with Crippen LogP contribution in [0.3, 0.4) is 0 Å². The first-order valence-electron chi connectivity index (χ1n) is 6.71. The van der Waals surface area contributed by atoms with E-state index in [4.69, 9.17) is 0 Å². The molecule has 5 nitrogen and oxygen atoms in total. The van der Waals surface area contributed by atoms with Gasteiger partial charge in [0.15, 0.2) is 0 Å². The topological polar surface area (TPSA) is 62.3 Å². The van der Waals surface area contributed by atoms with Crippen LogP contribution >= 0.6 is 0 Å². The molecule has 0 aliphatic carbocycles. The molecule has 0 saturated heterocycles. The third-order valence-electron chi connectivity index (χ3n) is 2.80. The van der Waals surface area contributed by atoms with E-state index in [0.29, 0.717) is 13.1 Å². The van der Waals surface area contributed by atoms with Gasteiger partial charge in [-0.2, -0.15) is 0 Å². The molecule has 20 heavy (non-hydrogen) atoms. The zero-order chi connectivity index (χ0) is 15.0. The Labute approximate surface area is 119 Å². The maximum absolute atomic E-state index is 12.2. The van der Waals surface area contributed by atoms with Crippen molar-refractivity contribution in [3.63, 3.8) is 0 Å². The lowest BCUT2D eigenvalue weighted by Gasteiger charge is -2.16. The second-order valence-corrected chi connectivity index (χ2v) is 4.49. The Morgan fingerprint density at radius 2 is 2.10 bits per heavy atom. The zero-order valence-electron chi connectivity index (χ0n) is 12.1. The maximum Gasteiger partial charge on any atom is 0.272 e. The summed E-state index contributed by atoms with van der Waals surface area (Å²) in [5, 5.41) is 2.63. The van der Waals surface area contributed by atoms with Gasteiger partial charge in [-0.3, -0.25) is 9.59 Å². The highest BCUT2D eigenvalue weighted by Crippen LogP contribution is 2.04. The molecule has 0 radical (unpaired) electrons. The summed E-state index contributed by atoms with van der Waals surface area (Å²) in [5.41, 5.74) is 0.524. The highest BCUT2D eigenvalue weighted by Gasteiger charge is 2.15. The number of carbonyl (C=O) groups excluding carboxylic acids is 2. The monoisotopic (exact) mass is 275 g/mol. The molecule has 1 aromatic heterocycles. The Kier molecular flexibility index (Phi) is 6.43. The van der Waals surface area contributed by atoms with Crippen molar-refractivity contribution in [2.75, 3.05) is 20.1 Å². The molecule has 1 N–H and O–H groups in total. The van der Waals surface area contributed by atoms with Gasteiger partial charge in [-0.05, 0) is 18.6 Å². The summed E-state index contributed by atoms with van der Waals surface area (Å²) in [6.07, 6.45) is 3.56. The molecular formula is C15H21N3O2. The van der Waals surface area contributed by atoms with Crippen molar-refractivity contribution in [2.24, 2.45) is 0 Å². The van der Waals surface area contributed by atoms with E-state index in [-0.39, 0.29) is 23.2 Å². The number of pyridine rings is 1. The number of unbranched alkanes of at least 4 members (excludes halogenated alkanes) is 1. The molecule has 0 aromatic carbocycles. The second-order valence-electron chi connectivity index (χ2n) is 4.49. The molecule has 5 heteroatoms. The smallest absolute Gasteiger partial charge is 0.272 e. The maximum atomic E-state index is 12.2. The van der Waals surface area contributed by atoms with Gasteiger partial charge in [-0.15, -0.1) is 6.58 Å². The van der Waals surface area contributed by atoms with Gasteiger partial charge in [0.2, 0.25) is 0 Å². The molecule has 1 rings (SSSR count). The van der Waals surface area contributed by atoms with Gasteiger partial charge in [0, 0.05) is 20.1 Å². The zero-order valence-corrected chi connectivity index (χ0v) is 12.1. The van der Waals surface area contributed by atoms with Gasteiger partial charge in [-0.25, -0.2) is 4.98 Å². The summed E-state index contributed by atoms with van der Waals surface area (Å²) in [5.74, 6) is -0.479. The van der Waals surface area contributed by atoms with Crippen LogP contribution in [0.4, 0.5) is 0 Å². The van der Waals surface area contributed by atoms with Crippen LogP contribution in [0.2, 0.25) is 0 Å². The normalized spacial score (nSPS) is 9.90. The van der Waals surface area contributed by atoms with E-state index < -0.39 is 0 Å². The van der Waals surface area contributed by atoms with Crippen molar-refractivity contribution in [1.29, 1.82) is 0 Å². The number of amides is 2. The third kappa shape index (κ3) is 4.50. The minimum Gasteiger partial charge on any atom is -0.347 e. The first kappa shape index (κ1) is 15.9. The van der Waals surface area contributed by atoms with Crippen molar-refractivity contribution >= 4 is 11.8 Å². The summed E-state index contributed by atoms with van der Waals surface area (Å²) in [6.45, 7) is 6.65. The number of aromatic nitrogens is 1. The molecule has 0 atom stereocenters. The van der Waals surface area contributed by atoms with E-state index in [0.717, 1.165) is 12.8 Å². The van der Waals surface area contributed by atoms with Gasteiger partial charge in [0.05, 0.1) is 0 Å². The van der Waals surface area contributed by atoms with Crippen molar-refractivity contribution in [3.8, 4) is 0 Å². The largest absolute Gasteiger partial charge is 0.347 e. The number of nitrogens with zero attached hydrogens (tertiary/aromatic N) is 2. The highest BCUT2D eigenvalue weighted by atomic mass is 16.2. The van der Waals surface area contributed by atoms with Crippen LogP contribution in [0.1, 0.15) is 40.7 Å². The lowest BCUT2D eigenvalue weighted by Crippen LogP contribution is -2.30. The van der Waals surface area contributed by atoms with E-state index in [1.165, 1.54) is 0 Å². The van der Waals surface area contributed by atoms with Gasteiger partial charge >= 0.3 is 0 Å². The molecule has 0 unspecified atom stereocenters. The molecule has 108 valence electrons. The van der Waals surface area contributed by atoms with Gasteiger partial charge in [0.25, 0.3) is 11.8 Å². The molecule has 1 aromatic rings. The quantitative estimate of drug-likeness (QED) is 0.773. The Morgan fingerprint density at radius 3 is 2.75 bits per heavy atom. The highest BCUT2D eigenvalue weighted by molar-refractivity contribution is 5.96. The third-order valence-corrected chi connectivity index (χ3v) is 2.80. The molecular weight excluding hydrogens is 254 g/mol. The fourth-order valence-corrected chi connectivity index (χ4v) is 1.63. The van der Waals surface area contributed by atoms with Crippen LogP contribution in [0, 0.1) is 0 Å². The fraction of sp³-hybridized carbons (Fsp3) is 0.400. The van der Waals surface area contributed by atoms with Crippen LogP contribution in [0.25, 0.3) is 0 Å². The summed E-state index contributed by atoms with van der Waals surface area (Å²) in [4.78, 5) is 29.7.